The van der Waals surface area contributed by atoms with E-state index in [0.717, 1.165) is 0 Å². The number of carbonyl (C=O) groups is 1. The average Bonchev–Trinajstić information content (AvgIpc) is 2.75. The zero-order chi connectivity index (χ0) is 23.6. The Morgan fingerprint density at radius 2 is 1.84 bits per heavy atom. The molecule has 0 aliphatic heterocycles. The normalized spacial score (nSPS) is 12.2. The zero-order valence-corrected chi connectivity index (χ0v) is 19.0. The van der Waals surface area contributed by atoms with E-state index in [4.69, 9.17) is 11.6 Å². The molecule has 0 spiro atoms. The fourth-order valence-electron chi connectivity index (χ4n) is 3.44. The molecular weight excluding hydrogens is 434 g/mol. The molecule has 1 amide bonds. The minimum Gasteiger partial charge on any atom is -0.327 e. The van der Waals surface area contributed by atoms with E-state index in [-0.39, 0.29) is 17.2 Å². The lowest BCUT2D eigenvalue weighted by Crippen LogP contribution is -2.40. The van der Waals surface area contributed by atoms with Crippen LogP contribution in [0.4, 0.5) is 5.69 Å². The standard InChI is InChI=1S/C22H24ClN5O4/c1-14(20-24-19-13-16(23)7-10-18(19)22(30)26(20)4)27(12-11-25(2)3)21(29)15-5-8-17(9-6-15)28(31)32/h5-10,13-14H,11-12H2,1-4H3. The molecule has 0 aliphatic carbocycles. The molecule has 3 aromatic rings. The van der Waals surface area contributed by atoms with E-state index >= 15 is 0 Å². The van der Waals surface area contributed by atoms with Gasteiger partial charge in [0.2, 0.25) is 0 Å². The topological polar surface area (TPSA) is 102 Å². The van der Waals surface area contributed by atoms with Gasteiger partial charge in [-0.1, -0.05) is 11.6 Å². The minimum atomic E-state index is -0.543. The smallest absolute Gasteiger partial charge is 0.269 e. The van der Waals surface area contributed by atoms with Crippen LogP contribution in [0.1, 0.15) is 29.1 Å². The molecule has 9 nitrogen and oxygen atoms in total. The number of rotatable bonds is 7. The van der Waals surface area contributed by atoms with E-state index in [0.29, 0.717) is 40.4 Å². The van der Waals surface area contributed by atoms with Gasteiger partial charge in [0.15, 0.2) is 0 Å². The fourth-order valence-corrected chi connectivity index (χ4v) is 3.61. The lowest BCUT2D eigenvalue weighted by atomic mass is 10.1. The monoisotopic (exact) mass is 457 g/mol. The molecule has 0 bridgehead atoms. The second-order valence-corrected chi connectivity index (χ2v) is 8.21. The highest BCUT2D eigenvalue weighted by Gasteiger charge is 2.26. The van der Waals surface area contributed by atoms with E-state index < -0.39 is 11.0 Å². The highest BCUT2D eigenvalue weighted by Crippen LogP contribution is 2.23. The number of nitro benzene ring substituents is 1. The van der Waals surface area contributed by atoms with Gasteiger partial charge in [-0.05, 0) is 51.4 Å². The predicted octanol–water partition coefficient (Wildman–Crippen LogP) is 3.26. The first-order valence-corrected chi connectivity index (χ1v) is 10.3. The number of nitrogens with zero attached hydrogens (tertiary/aromatic N) is 5. The minimum absolute atomic E-state index is 0.0927. The largest absolute Gasteiger partial charge is 0.327 e. The number of aromatic nitrogens is 2. The van der Waals surface area contributed by atoms with Crippen LogP contribution in [0, 0.1) is 10.1 Å². The van der Waals surface area contributed by atoms with Crippen LogP contribution in [-0.2, 0) is 7.05 Å². The molecule has 2 aromatic carbocycles. The van der Waals surface area contributed by atoms with Crippen molar-refractivity contribution >= 4 is 34.1 Å². The fraction of sp³-hybridized carbons (Fsp3) is 0.318. The van der Waals surface area contributed by atoms with Crippen LogP contribution >= 0.6 is 11.6 Å². The number of carbonyl (C=O) groups excluding carboxylic acids is 1. The summed E-state index contributed by atoms with van der Waals surface area (Å²) in [6, 6.07) is 9.81. The zero-order valence-electron chi connectivity index (χ0n) is 18.3. The molecule has 0 radical (unpaired) electrons. The number of nitro groups is 1. The van der Waals surface area contributed by atoms with Gasteiger partial charge in [0, 0.05) is 42.9 Å². The van der Waals surface area contributed by atoms with Crippen molar-refractivity contribution < 1.29 is 9.72 Å². The number of hydrogen-bond acceptors (Lipinski definition) is 6. The molecule has 1 aromatic heterocycles. The first-order chi connectivity index (χ1) is 15.1. The van der Waals surface area contributed by atoms with Crippen molar-refractivity contribution in [3.05, 3.63) is 79.3 Å². The summed E-state index contributed by atoms with van der Waals surface area (Å²) < 4.78 is 1.44. The number of amides is 1. The first-order valence-electron chi connectivity index (χ1n) is 9.96. The molecule has 1 heterocycles. The molecule has 0 aliphatic rings. The Morgan fingerprint density at radius 3 is 2.44 bits per heavy atom. The summed E-state index contributed by atoms with van der Waals surface area (Å²) in [6.45, 7) is 2.75. The van der Waals surface area contributed by atoms with Gasteiger partial charge in [0.05, 0.1) is 21.9 Å². The lowest BCUT2D eigenvalue weighted by molar-refractivity contribution is -0.384. The van der Waals surface area contributed by atoms with E-state index in [2.05, 4.69) is 4.98 Å². The Bertz CT molecular complexity index is 1220. The molecule has 0 N–H and O–H groups in total. The third kappa shape index (κ3) is 4.79. The highest BCUT2D eigenvalue weighted by atomic mass is 35.5. The summed E-state index contributed by atoms with van der Waals surface area (Å²) in [5.74, 6) is 0.105. The van der Waals surface area contributed by atoms with Gasteiger partial charge in [-0.25, -0.2) is 4.98 Å². The van der Waals surface area contributed by atoms with Crippen molar-refractivity contribution in [1.29, 1.82) is 0 Å². The number of benzene rings is 2. The van der Waals surface area contributed by atoms with Crippen molar-refractivity contribution in [2.75, 3.05) is 27.2 Å². The maximum Gasteiger partial charge on any atom is 0.269 e. The second kappa shape index (κ2) is 9.46. The summed E-state index contributed by atoms with van der Waals surface area (Å²) in [5, 5.41) is 11.8. The second-order valence-electron chi connectivity index (χ2n) is 7.78. The van der Waals surface area contributed by atoms with Crippen molar-refractivity contribution in [3.8, 4) is 0 Å². The van der Waals surface area contributed by atoms with Crippen LogP contribution in [0.25, 0.3) is 10.9 Å². The summed E-state index contributed by atoms with van der Waals surface area (Å²) in [7, 11) is 5.41. The maximum absolute atomic E-state index is 13.4. The molecular formula is C22H24ClN5O4. The van der Waals surface area contributed by atoms with Gasteiger partial charge in [0.25, 0.3) is 17.2 Å². The molecule has 168 valence electrons. The first kappa shape index (κ1) is 23.4. The number of fused-ring (bicyclic) bond motifs is 1. The number of halogens is 1. The van der Waals surface area contributed by atoms with Crippen LogP contribution in [0.2, 0.25) is 5.02 Å². The summed E-state index contributed by atoms with van der Waals surface area (Å²) >= 11 is 6.09. The third-order valence-corrected chi connectivity index (χ3v) is 5.52. The van der Waals surface area contributed by atoms with Crippen LogP contribution in [0.3, 0.4) is 0 Å². The Morgan fingerprint density at radius 1 is 1.19 bits per heavy atom. The van der Waals surface area contributed by atoms with Crippen LogP contribution in [0.5, 0.6) is 0 Å². The Labute approximate surface area is 190 Å². The Balaban J connectivity index is 2.05. The van der Waals surface area contributed by atoms with Crippen molar-refractivity contribution in [2.45, 2.75) is 13.0 Å². The van der Waals surface area contributed by atoms with Crippen LogP contribution in [-0.4, -0.2) is 57.4 Å². The molecule has 0 saturated heterocycles. The van der Waals surface area contributed by atoms with E-state index in [1.54, 1.807) is 37.1 Å². The van der Waals surface area contributed by atoms with Gasteiger partial charge in [-0.3, -0.25) is 24.3 Å². The van der Waals surface area contributed by atoms with E-state index in [1.807, 2.05) is 19.0 Å². The van der Waals surface area contributed by atoms with E-state index in [9.17, 15) is 19.7 Å². The van der Waals surface area contributed by atoms with Gasteiger partial charge >= 0.3 is 0 Å². The van der Waals surface area contributed by atoms with Gasteiger partial charge in [-0.15, -0.1) is 0 Å². The molecule has 1 unspecified atom stereocenters. The van der Waals surface area contributed by atoms with Gasteiger partial charge < -0.3 is 9.80 Å². The predicted molar refractivity (Wildman–Crippen MR) is 123 cm³/mol. The average molecular weight is 458 g/mol. The maximum atomic E-state index is 13.4. The Kier molecular flexibility index (Phi) is 6.90. The van der Waals surface area contributed by atoms with Crippen molar-refractivity contribution in [1.82, 2.24) is 19.4 Å². The molecule has 3 rings (SSSR count). The quantitative estimate of drug-likeness (QED) is 0.398. The van der Waals surface area contributed by atoms with Crippen LogP contribution < -0.4 is 5.56 Å². The van der Waals surface area contributed by atoms with Gasteiger partial charge in [0.1, 0.15) is 5.82 Å². The molecule has 10 heteroatoms. The highest BCUT2D eigenvalue weighted by molar-refractivity contribution is 6.31. The molecule has 0 saturated carbocycles. The third-order valence-electron chi connectivity index (χ3n) is 5.29. The summed E-state index contributed by atoms with van der Waals surface area (Å²) in [4.78, 5) is 44.9. The van der Waals surface area contributed by atoms with Gasteiger partial charge in [-0.2, -0.15) is 0 Å². The number of likely N-dealkylation sites (N-methyl/N-ethyl adjacent to an activating group) is 1. The molecule has 32 heavy (non-hydrogen) atoms. The van der Waals surface area contributed by atoms with Crippen LogP contribution in [0.15, 0.2) is 47.3 Å². The number of non-ortho nitro benzene ring substituents is 1. The van der Waals surface area contributed by atoms with Crippen molar-refractivity contribution in [3.63, 3.8) is 0 Å². The molecule has 1 atom stereocenters. The SMILES string of the molecule is CC(c1nc2cc(Cl)ccc2c(=O)n1C)N(CCN(C)C)C(=O)c1ccc([N+](=O)[O-])cc1. The summed E-state index contributed by atoms with van der Waals surface area (Å²) in [6.07, 6.45) is 0. The lowest BCUT2D eigenvalue weighted by Gasteiger charge is -2.31. The van der Waals surface area contributed by atoms with E-state index in [1.165, 1.54) is 28.8 Å². The Hall–Kier alpha value is -3.30. The molecule has 0 fully saturated rings. The van der Waals surface area contributed by atoms with Crippen molar-refractivity contribution in [2.24, 2.45) is 7.05 Å². The number of hydrogen-bond donors (Lipinski definition) is 0. The summed E-state index contributed by atoms with van der Waals surface area (Å²) in [5.41, 5.74) is 0.446.